The standard InChI is InChI=1S/C18H24N4O7/c1-8-3-10-11(4-9(8)2)22(5-12(25)16(27)13(26)6-23)18(28)15(19-10)17-20-14(7-24)21-29-17/h3-4,12-13,16,18,23-28H,5-7H2,1-2H3/t12-,13+,16-,18?/m0/s1. The molecule has 2 heterocycles. The molecule has 3 rings (SSSR count). The summed E-state index contributed by atoms with van der Waals surface area (Å²) in [4.78, 5) is 9.77. The number of benzene rings is 1. The maximum Gasteiger partial charge on any atom is 0.277 e. The van der Waals surface area contributed by atoms with Gasteiger partial charge in [-0.05, 0) is 37.1 Å². The van der Waals surface area contributed by atoms with Crippen molar-refractivity contribution in [1.29, 1.82) is 0 Å². The van der Waals surface area contributed by atoms with Gasteiger partial charge in [0.1, 0.15) is 24.9 Å². The van der Waals surface area contributed by atoms with E-state index in [9.17, 15) is 20.4 Å². The molecule has 0 fully saturated rings. The van der Waals surface area contributed by atoms with Crippen LogP contribution in [0.4, 0.5) is 11.4 Å². The summed E-state index contributed by atoms with van der Waals surface area (Å²) in [5.74, 6) is -0.0743. The van der Waals surface area contributed by atoms with Gasteiger partial charge >= 0.3 is 0 Å². The van der Waals surface area contributed by atoms with Crippen LogP contribution in [0, 0.1) is 13.8 Å². The quantitative estimate of drug-likeness (QED) is 0.316. The molecule has 1 aromatic carbocycles. The molecule has 4 atom stereocenters. The number of aliphatic imine (C=N–C) groups is 1. The van der Waals surface area contributed by atoms with Gasteiger partial charge in [0.15, 0.2) is 17.8 Å². The summed E-state index contributed by atoms with van der Waals surface area (Å²) in [5, 5.41) is 62.6. The van der Waals surface area contributed by atoms with Crippen molar-refractivity contribution in [1.82, 2.24) is 10.1 Å². The van der Waals surface area contributed by atoms with Gasteiger partial charge in [0.2, 0.25) is 0 Å². The topological polar surface area (TPSA) is 176 Å². The third kappa shape index (κ3) is 4.15. The third-order valence-corrected chi connectivity index (χ3v) is 4.87. The second-order valence-corrected chi connectivity index (χ2v) is 6.93. The van der Waals surface area contributed by atoms with E-state index in [-0.39, 0.29) is 24.0 Å². The number of β-amino-alcohol motifs (C(OH)–C–C–N with tert-alkyl or cyclic N) is 1. The number of hydrogen-bond acceptors (Lipinski definition) is 11. The molecule has 0 radical (unpaired) electrons. The first-order chi connectivity index (χ1) is 13.8. The Bertz CT molecular complexity index is 900. The van der Waals surface area contributed by atoms with Crippen molar-refractivity contribution in [3.8, 4) is 0 Å². The highest BCUT2D eigenvalue weighted by Crippen LogP contribution is 2.37. The van der Waals surface area contributed by atoms with Crippen LogP contribution in [0.25, 0.3) is 0 Å². The van der Waals surface area contributed by atoms with E-state index in [1.807, 2.05) is 13.8 Å². The van der Waals surface area contributed by atoms with Gasteiger partial charge in [-0.25, -0.2) is 4.99 Å². The molecule has 0 bridgehead atoms. The monoisotopic (exact) mass is 408 g/mol. The molecule has 11 heteroatoms. The molecule has 11 nitrogen and oxygen atoms in total. The van der Waals surface area contributed by atoms with Crippen LogP contribution in [0.15, 0.2) is 21.6 Å². The largest absolute Gasteiger partial charge is 0.394 e. The van der Waals surface area contributed by atoms with Crippen molar-refractivity contribution >= 4 is 17.1 Å². The first-order valence-corrected chi connectivity index (χ1v) is 9.00. The molecule has 158 valence electrons. The molecule has 1 unspecified atom stereocenters. The van der Waals surface area contributed by atoms with Gasteiger partial charge in [-0.1, -0.05) is 5.16 Å². The predicted molar refractivity (Wildman–Crippen MR) is 101 cm³/mol. The Balaban J connectivity index is 2.02. The van der Waals surface area contributed by atoms with Crippen LogP contribution in [0.2, 0.25) is 0 Å². The third-order valence-electron chi connectivity index (χ3n) is 4.87. The minimum Gasteiger partial charge on any atom is -0.394 e. The second kappa shape index (κ2) is 8.53. The predicted octanol–water partition coefficient (Wildman–Crippen LogP) is -1.49. The van der Waals surface area contributed by atoms with Crippen molar-refractivity contribution in [3.63, 3.8) is 0 Å². The number of aryl methyl sites for hydroxylation is 2. The highest BCUT2D eigenvalue weighted by atomic mass is 16.5. The van der Waals surface area contributed by atoms with Crippen molar-refractivity contribution in [2.75, 3.05) is 18.1 Å². The lowest BCUT2D eigenvalue weighted by molar-refractivity contribution is -0.0742. The molecule has 6 N–H and O–H groups in total. The molecule has 29 heavy (non-hydrogen) atoms. The van der Waals surface area contributed by atoms with Gasteiger partial charge < -0.3 is 40.1 Å². The molecule has 1 aromatic heterocycles. The average Bonchev–Trinajstić information content (AvgIpc) is 3.19. The Hall–Kier alpha value is -2.41. The Morgan fingerprint density at radius 1 is 1.10 bits per heavy atom. The summed E-state index contributed by atoms with van der Waals surface area (Å²) in [7, 11) is 0. The van der Waals surface area contributed by atoms with Crippen molar-refractivity contribution in [2.24, 2.45) is 4.99 Å². The summed E-state index contributed by atoms with van der Waals surface area (Å²) in [6.07, 6.45) is -6.07. The maximum absolute atomic E-state index is 10.9. The zero-order valence-electron chi connectivity index (χ0n) is 16.0. The Kier molecular flexibility index (Phi) is 6.27. The molecular formula is C18H24N4O7. The van der Waals surface area contributed by atoms with Gasteiger partial charge in [0.25, 0.3) is 5.89 Å². The lowest BCUT2D eigenvalue weighted by Gasteiger charge is -2.37. The van der Waals surface area contributed by atoms with Crippen molar-refractivity contribution in [3.05, 3.63) is 35.0 Å². The van der Waals surface area contributed by atoms with Gasteiger partial charge in [-0.2, -0.15) is 4.98 Å². The SMILES string of the molecule is Cc1cc2c(cc1C)N(C[C@H](O)[C@H](O)[C@H](O)CO)C(O)C(c1nc(CO)no1)=N2. The number of aliphatic hydroxyl groups excluding tert-OH is 6. The number of rotatable bonds is 7. The van der Waals surface area contributed by atoms with Crippen LogP contribution in [0.1, 0.15) is 22.8 Å². The number of fused-ring (bicyclic) bond motifs is 1. The summed E-state index contributed by atoms with van der Waals surface area (Å²) < 4.78 is 5.07. The normalized spacial score (nSPS) is 19.5. The smallest absolute Gasteiger partial charge is 0.277 e. The van der Waals surface area contributed by atoms with Crippen LogP contribution in [-0.2, 0) is 6.61 Å². The van der Waals surface area contributed by atoms with Crippen LogP contribution in [-0.4, -0.2) is 84.2 Å². The first kappa shape index (κ1) is 21.3. The summed E-state index contributed by atoms with van der Waals surface area (Å²) in [5.41, 5.74) is 2.85. The second-order valence-electron chi connectivity index (χ2n) is 6.93. The number of aromatic nitrogens is 2. The van der Waals surface area contributed by atoms with Crippen molar-refractivity contribution < 1.29 is 35.2 Å². The van der Waals surface area contributed by atoms with Crippen LogP contribution >= 0.6 is 0 Å². The summed E-state index contributed by atoms with van der Waals surface area (Å²) in [6.45, 7) is 2.32. The fourth-order valence-corrected chi connectivity index (χ4v) is 3.02. The van der Waals surface area contributed by atoms with E-state index < -0.39 is 37.8 Å². The van der Waals surface area contributed by atoms with E-state index in [0.29, 0.717) is 11.4 Å². The zero-order valence-corrected chi connectivity index (χ0v) is 16.0. The molecule has 1 aliphatic rings. The van der Waals surface area contributed by atoms with Crippen molar-refractivity contribution in [2.45, 2.75) is 45.0 Å². The van der Waals surface area contributed by atoms with Gasteiger partial charge in [0, 0.05) is 6.54 Å². The number of anilines is 1. The first-order valence-electron chi connectivity index (χ1n) is 9.00. The van der Waals surface area contributed by atoms with Gasteiger partial charge in [0.05, 0.1) is 18.0 Å². The molecular weight excluding hydrogens is 384 g/mol. The van der Waals surface area contributed by atoms with E-state index in [1.165, 1.54) is 4.90 Å². The van der Waals surface area contributed by atoms with Crippen LogP contribution < -0.4 is 4.90 Å². The Morgan fingerprint density at radius 3 is 2.41 bits per heavy atom. The number of hydrogen-bond donors (Lipinski definition) is 6. The molecule has 0 saturated heterocycles. The molecule has 0 saturated carbocycles. The minimum absolute atomic E-state index is 0.0114. The van der Waals surface area contributed by atoms with Gasteiger partial charge in [-0.15, -0.1) is 0 Å². The summed E-state index contributed by atoms with van der Waals surface area (Å²) >= 11 is 0. The molecule has 0 aliphatic carbocycles. The Labute approximate surface area is 166 Å². The average molecular weight is 408 g/mol. The van der Waals surface area contributed by atoms with E-state index >= 15 is 0 Å². The van der Waals surface area contributed by atoms with E-state index in [4.69, 9.17) is 14.7 Å². The van der Waals surface area contributed by atoms with Crippen LogP contribution in [0.5, 0.6) is 0 Å². The molecule has 0 spiro atoms. The van der Waals surface area contributed by atoms with E-state index in [2.05, 4.69) is 15.1 Å². The number of aliphatic hydroxyl groups is 6. The minimum atomic E-state index is -1.63. The highest BCUT2D eigenvalue weighted by Gasteiger charge is 2.36. The van der Waals surface area contributed by atoms with E-state index in [1.54, 1.807) is 12.1 Å². The molecule has 2 aromatic rings. The molecule has 1 aliphatic heterocycles. The fraction of sp³-hybridized carbons (Fsp3) is 0.500. The molecule has 0 amide bonds. The fourth-order valence-electron chi connectivity index (χ4n) is 3.02. The lowest BCUT2D eigenvalue weighted by Crippen LogP contribution is -2.52. The number of nitrogens with zero attached hydrogens (tertiary/aromatic N) is 4. The van der Waals surface area contributed by atoms with E-state index in [0.717, 1.165) is 11.1 Å². The van der Waals surface area contributed by atoms with Crippen LogP contribution in [0.3, 0.4) is 0 Å². The van der Waals surface area contributed by atoms with Gasteiger partial charge in [-0.3, -0.25) is 0 Å². The zero-order chi connectivity index (χ0) is 21.3. The highest BCUT2D eigenvalue weighted by molar-refractivity contribution is 6.06. The summed E-state index contributed by atoms with van der Waals surface area (Å²) in [6, 6.07) is 3.57. The lowest BCUT2D eigenvalue weighted by atomic mass is 10.0. The maximum atomic E-state index is 10.9. The Morgan fingerprint density at radius 2 is 1.79 bits per heavy atom.